The standard InChI is InChI=1S/C21H24N2O4S2/c1-13-5-7-16(8-6-13)23(4)21(25)14(2)12-29(26,27)17-9-10-19-18(11-17)22-20(24)15(3)28-19/h5-11,14-15H,12H2,1-4H3,(H,22,24)/t14-,15-/m1/s1. The van der Waals surface area contributed by atoms with Gasteiger partial charge in [-0.25, -0.2) is 8.42 Å². The summed E-state index contributed by atoms with van der Waals surface area (Å²) >= 11 is 1.39. The minimum atomic E-state index is -3.70. The van der Waals surface area contributed by atoms with E-state index in [1.54, 1.807) is 27.0 Å². The number of benzene rings is 2. The molecule has 6 nitrogen and oxygen atoms in total. The molecule has 1 N–H and O–H groups in total. The van der Waals surface area contributed by atoms with Crippen LogP contribution in [0.1, 0.15) is 19.4 Å². The number of hydrogen-bond donors (Lipinski definition) is 1. The molecule has 1 aliphatic heterocycles. The second-order valence-corrected chi connectivity index (χ2v) is 10.7. The molecule has 8 heteroatoms. The van der Waals surface area contributed by atoms with E-state index in [4.69, 9.17) is 0 Å². The summed E-state index contributed by atoms with van der Waals surface area (Å²) in [6.45, 7) is 5.37. The van der Waals surface area contributed by atoms with Gasteiger partial charge >= 0.3 is 0 Å². The van der Waals surface area contributed by atoms with Gasteiger partial charge in [0, 0.05) is 23.5 Å². The van der Waals surface area contributed by atoms with E-state index in [0.717, 1.165) is 10.5 Å². The lowest BCUT2D eigenvalue weighted by Crippen LogP contribution is -2.35. The second kappa shape index (κ2) is 8.20. The third kappa shape index (κ3) is 4.64. The third-order valence-corrected chi connectivity index (χ3v) is 7.97. The van der Waals surface area contributed by atoms with E-state index in [-0.39, 0.29) is 27.7 Å². The van der Waals surface area contributed by atoms with Gasteiger partial charge in [0.2, 0.25) is 11.8 Å². The Morgan fingerprint density at radius 1 is 1.21 bits per heavy atom. The largest absolute Gasteiger partial charge is 0.324 e. The minimum absolute atomic E-state index is 0.101. The average molecular weight is 433 g/mol. The number of aryl methyl sites for hydroxylation is 1. The molecule has 0 unspecified atom stereocenters. The number of anilines is 2. The molecule has 2 aromatic rings. The first-order valence-electron chi connectivity index (χ1n) is 9.27. The number of amides is 2. The third-order valence-electron chi connectivity index (χ3n) is 4.88. The van der Waals surface area contributed by atoms with Crippen molar-refractivity contribution in [3.63, 3.8) is 0 Å². The summed E-state index contributed by atoms with van der Waals surface area (Å²) in [6.07, 6.45) is 0. The minimum Gasteiger partial charge on any atom is -0.324 e. The fourth-order valence-corrected chi connectivity index (χ4v) is 5.60. The van der Waals surface area contributed by atoms with Crippen molar-refractivity contribution >= 4 is 44.8 Å². The zero-order chi connectivity index (χ0) is 21.3. The highest BCUT2D eigenvalue weighted by Gasteiger charge is 2.28. The maximum Gasteiger partial charge on any atom is 0.237 e. The van der Waals surface area contributed by atoms with Gasteiger partial charge in [-0.3, -0.25) is 9.59 Å². The van der Waals surface area contributed by atoms with Gasteiger partial charge in [-0.2, -0.15) is 0 Å². The zero-order valence-corrected chi connectivity index (χ0v) is 18.4. The van der Waals surface area contributed by atoms with Gasteiger partial charge < -0.3 is 10.2 Å². The van der Waals surface area contributed by atoms with Crippen molar-refractivity contribution in [3.05, 3.63) is 48.0 Å². The van der Waals surface area contributed by atoms with Crippen LogP contribution in [0.2, 0.25) is 0 Å². The van der Waals surface area contributed by atoms with Crippen LogP contribution >= 0.6 is 11.8 Å². The summed E-state index contributed by atoms with van der Waals surface area (Å²) in [5.74, 6) is -1.45. The normalized spacial score (nSPS) is 17.2. The van der Waals surface area contributed by atoms with Crippen LogP contribution in [0, 0.1) is 12.8 Å². The fourth-order valence-electron chi connectivity index (χ4n) is 3.10. The SMILES string of the molecule is Cc1ccc(N(C)C(=O)[C@H](C)CS(=O)(=O)c2ccc3c(c2)NC(=O)[C@@H](C)S3)cc1. The Bertz CT molecular complexity index is 1050. The number of nitrogens with one attached hydrogen (secondary N) is 1. The molecule has 3 rings (SSSR count). The number of thioether (sulfide) groups is 1. The molecule has 0 spiro atoms. The van der Waals surface area contributed by atoms with E-state index in [2.05, 4.69) is 5.32 Å². The molecule has 2 atom stereocenters. The Hall–Kier alpha value is -2.32. The van der Waals surface area contributed by atoms with Crippen LogP contribution in [0.15, 0.2) is 52.3 Å². The number of nitrogens with zero attached hydrogens (tertiary/aromatic N) is 1. The van der Waals surface area contributed by atoms with Crippen LogP contribution in [0.3, 0.4) is 0 Å². The van der Waals surface area contributed by atoms with Gasteiger partial charge in [0.15, 0.2) is 9.84 Å². The first-order valence-corrected chi connectivity index (χ1v) is 11.8. The molecule has 0 bridgehead atoms. The predicted molar refractivity (Wildman–Crippen MR) is 116 cm³/mol. The molecule has 1 heterocycles. The second-order valence-electron chi connectivity index (χ2n) is 7.32. The zero-order valence-electron chi connectivity index (χ0n) is 16.8. The summed E-state index contributed by atoms with van der Waals surface area (Å²) in [5, 5.41) is 2.52. The smallest absolute Gasteiger partial charge is 0.237 e. The van der Waals surface area contributed by atoms with E-state index in [9.17, 15) is 18.0 Å². The molecule has 0 radical (unpaired) electrons. The Morgan fingerprint density at radius 3 is 2.52 bits per heavy atom. The van der Waals surface area contributed by atoms with Crippen molar-refractivity contribution in [1.29, 1.82) is 0 Å². The molecular weight excluding hydrogens is 408 g/mol. The number of rotatable bonds is 5. The highest BCUT2D eigenvalue weighted by molar-refractivity contribution is 8.01. The Kier molecular flexibility index (Phi) is 6.05. The summed E-state index contributed by atoms with van der Waals surface area (Å²) in [6, 6.07) is 12.2. The molecule has 0 saturated carbocycles. The van der Waals surface area contributed by atoms with Crippen molar-refractivity contribution < 1.29 is 18.0 Å². The molecule has 0 saturated heterocycles. The predicted octanol–water partition coefficient (Wildman–Crippen LogP) is 3.50. The average Bonchev–Trinajstić information content (AvgIpc) is 2.67. The van der Waals surface area contributed by atoms with Gasteiger partial charge in [0.25, 0.3) is 0 Å². The number of sulfone groups is 1. The molecule has 29 heavy (non-hydrogen) atoms. The first-order chi connectivity index (χ1) is 13.6. The summed E-state index contributed by atoms with van der Waals surface area (Å²) in [5.41, 5.74) is 2.29. The van der Waals surface area contributed by atoms with Crippen LogP contribution in [0.4, 0.5) is 11.4 Å². The van der Waals surface area contributed by atoms with Gasteiger partial charge in [-0.15, -0.1) is 11.8 Å². The summed E-state index contributed by atoms with van der Waals surface area (Å²) < 4.78 is 25.8. The Labute approximate surface area is 175 Å². The van der Waals surface area contributed by atoms with Gasteiger partial charge in [0.05, 0.1) is 21.6 Å². The van der Waals surface area contributed by atoms with Crippen molar-refractivity contribution in [2.75, 3.05) is 23.0 Å². The fraction of sp³-hybridized carbons (Fsp3) is 0.333. The first kappa shape index (κ1) is 21.4. The number of fused-ring (bicyclic) bond motifs is 1. The summed E-state index contributed by atoms with van der Waals surface area (Å²) in [4.78, 5) is 27.0. The van der Waals surface area contributed by atoms with E-state index in [1.807, 2.05) is 31.2 Å². The maximum absolute atomic E-state index is 12.9. The lowest BCUT2D eigenvalue weighted by Gasteiger charge is -2.23. The molecule has 2 amide bonds. The maximum atomic E-state index is 12.9. The molecule has 0 aromatic heterocycles. The summed E-state index contributed by atoms with van der Waals surface area (Å²) in [7, 11) is -2.06. The molecular formula is C21H24N2O4S2. The molecule has 1 aliphatic rings. The highest BCUT2D eigenvalue weighted by atomic mass is 32.2. The van der Waals surface area contributed by atoms with Crippen LogP contribution in [-0.2, 0) is 19.4 Å². The lowest BCUT2D eigenvalue weighted by molar-refractivity contribution is -0.121. The Balaban J connectivity index is 1.76. The van der Waals surface area contributed by atoms with Gasteiger partial charge in [0.1, 0.15) is 0 Å². The van der Waals surface area contributed by atoms with Gasteiger partial charge in [-0.1, -0.05) is 24.6 Å². The topological polar surface area (TPSA) is 83.6 Å². The highest BCUT2D eigenvalue weighted by Crippen LogP contribution is 2.37. The van der Waals surface area contributed by atoms with E-state index < -0.39 is 15.8 Å². The van der Waals surface area contributed by atoms with Crippen molar-refractivity contribution in [2.24, 2.45) is 5.92 Å². The number of hydrogen-bond acceptors (Lipinski definition) is 5. The van der Waals surface area contributed by atoms with Crippen LogP contribution < -0.4 is 10.2 Å². The van der Waals surface area contributed by atoms with Crippen molar-refractivity contribution in [3.8, 4) is 0 Å². The van der Waals surface area contributed by atoms with E-state index >= 15 is 0 Å². The monoisotopic (exact) mass is 432 g/mol. The molecule has 2 aromatic carbocycles. The Morgan fingerprint density at radius 2 is 1.86 bits per heavy atom. The van der Waals surface area contributed by atoms with Crippen molar-refractivity contribution in [2.45, 2.75) is 35.8 Å². The van der Waals surface area contributed by atoms with E-state index in [1.165, 1.54) is 28.8 Å². The van der Waals surface area contributed by atoms with Crippen LogP contribution in [0.5, 0.6) is 0 Å². The van der Waals surface area contributed by atoms with Crippen LogP contribution in [-0.4, -0.2) is 38.3 Å². The molecule has 0 fully saturated rings. The quantitative estimate of drug-likeness (QED) is 0.782. The molecule has 154 valence electrons. The van der Waals surface area contributed by atoms with Crippen molar-refractivity contribution in [1.82, 2.24) is 0 Å². The van der Waals surface area contributed by atoms with Gasteiger partial charge in [-0.05, 0) is 44.2 Å². The number of carbonyl (C=O) groups is 2. The molecule has 0 aliphatic carbocycles. The number of carbonyl (C=O) groups excluding carboxylic acids is 2. The van der Waals surface area contributed by atoms with E-state index in [0.29, 0.717) is 11.4 Å². The van der Waals surface area contributed by atoms with Crippen LogP contribution in [0.25, 0.3) is 0 Å². The lowest BCUT2D eigenvalue weighted by atomic mass is 10.1.